The lowest BCUT2D eigenvalue weighted by molar-refractivity contribution is 0.539. The second-order valence-corrected chi connectivity index (χ2v) is 5.07. The highest BCUT2D eigenvalue weighted by Gasteiger charge is 2.21. The van der Waals surface area contributed by atoms with Crippen LogP contribution < -0.4 is 5.32 Å². The van der Waals surface area contributed by atoms with Crippen molar-refractivity contribution in [1.82, 2.24) is 5.32 Å². The molecule has 1 aromatic carbocycles. The summed E-state index contributed by atoms with van der Waals surface area (Å²) in [7, 11) is 0. The molecule has 0 saturated carbocycles. The summed E-state index contributed by atoms with van der Waals surface area (Å²) in [5.41, 5.74) is 1.27. The van der Waals surface area contributed by atoms with E-state index in [0.717, 1.165) is 10.0 Å². The highest BCUT2D eigenvalue weighted by atomic mass is 79.9. The van der Waals surface area contributed by atoms with E-state index in [1.807, 2.05) is 6.92 Å². The lowest BCUT2D eigenvalue weighted by atomic mass is 10.0. The summed E-state index contributed by atoms with van der Waals surface area (Å²) in [6.45, 7) is 2.65. The van der Waals surface area contributed by atoms with Crippen molar-refractivity contribution in [1.29, 1.82) is 0 Å². The fraction of sp³-hybridized carbons (Fsp3) is 0.231. The first-order valence-corrected chi connectivity index (χ1v) is 6.71. The van der Waals surface area contributed by atoms with E-state index in [1.54, 1.807) is 18.2 Å². The van der Waals surface area contributed by atoms with Gasteiger partial charge in [-0.3, -0.25) is 0 Å². The van der Waals surface area contributed by atoms with Gasteiger partial charge in [-0.15, -0.1) is 0 Å². The maximum Gasteiger partial charge on any atom is 0.198 e. The second-order valence-electron chi connectivity index (χ2n) is 3.81. The van der Waals surface area contributed by atoms with Gasteiger partial charge in [-0.2, -0.15) is 0 Å². The largest absolute Gasteiger partial charge is 0.453 e. The quantitative estimate of drug-likeness (QED) is 0.889. The molecule has 0 saturated heterocycles. The summed E-state index contributed by atoms with van der Waals surface area (Å²) in [5, 5.41) is 3.48. The zero-order chi connectivity index (χ0) is 13.1. The van der Waals surface area contributed by atoms with Crippen molar-refractivity contribution in [3.8, 4) is 0 Å². The first kappa shape index (κ1) is 13.6. The zero-order valence-corrected chi connectivity index (χ0v) is 12.1. The lowest BCUT2D eigenvalue weighted by Gasteiger charge is -2.18. The van der Waals surface area contributed by atoms with Crippen LogP contribution in [0.1, 0.15) is 24.1 Å². The Bertz CT molecular complexity index is 544. The monoisotopic (exact) mass is 331 g/mol. The normalized spacial score (nSPS) is 12.7. The number of hydrogen-bond donors (Lipinski definition) is 1. The fourth-order valence-corrected chi connectivity index (χ4v) is 2.44. The molecule has 0 aliphatic rings. The molecule has 1 unspecified atom stereocenters. The van der Waals surface area contributed by atoms with E-state index in [4.69, 9.17) is 16.0 Å². The third-order valence-electron chi connectivity index (χ3n) is 2.63. The fourth-order valence-electron chi connectivity index (χ4n) is 1.84. The van der Waals surface area contributed by atoms with Gasteiger partial charge in [0.25, 0.3) is 0 Å². The summed E-state index contributed by atoms with van der Waals surface area (Å²) in [5.74, 6) is -0.276. The number of rotatable bonds is 4. The molecule has 1 heterocycles. The summed E-state index contributed by atoms with van der Waals surface area (Å²) in [6.07, 6.45) is 1.50. The zero-order valence-electron chi connectivity index (χ0n) is 9.71. The van der Waals surface area contributed by atoms with Gasteiger partial charge in [-0.05, 0) is 42.4 Å². The summed E-state index contributed by atoms with van der Waals surface area (Å²) in [6, 6.07) is 6.26. The Hall–Kier alpha value is -0.840. The molecule has 0 fully saturated rings. The molecule has 2 aromatic rings. The summed E-state index contributed by atoms with van der Waals surface area (Å²) in [4.78, 5) is 0. The van der Waals surface area contributed by atoms with Gasteiger partial charge in [0.1, 0.15) is 5.82 Å². The van der Waals surface area contributed by atoms with Gasteiger partial charge in [-0.1, -0.05) is 22.9 Å². The molecule has 0 amide bonds. The molecule has 18 heavy (non-hydrogen) atoms. The van der Waals surface area contributed by atoms with Crippen molar-refractivity contribution >= 4 is 27.5 Å². The van der Waals surface area contributed by atoms with E-state index in [2.05, 4.69) is 21.2 Å². The summed E-state index contributed by atoms with van der Waals surface area (Å²) < 4.78 is 19.8. The highest BCUT2D eigenvalue weighted by molar-refractivity contribution is 9.10. The van der Waals surface area contributed by atoms with E-state index in [9.17, 15) is 4.39 Å². The molecule has 0 aliphatic heterocycles. The first-order chi connectivity index (χ1) is 8.63. The number of nitrogens with one attached hydrogen (secondary N) is 1. The van der Waals surface area contributed by atoms with Gasteiger partial charge in [0.2, 0.25) is 0 Å². The molecule has 0 radical (unpaired) electrons. The van der Waals surface area contributed by atoms with Crippen molar-refractivity contribution in [2.45, 2.75) is 13.0 Å². The van der Waals surface area contributed by atoms with Crippen molar-refractivity contribution in [3.05, 3.63) is 57.2 Å². The molecule has 0 bridgehead atoms. The molecular formula is C13H12BrClFNO. The van der Waals surface area contributed by atoms with Crippen LogP contribution in [0.4, 0.5) is 4.39 Å². The third kappa shape index (κ3) is 2.76. The van der Waals surface area contributed by atoms with Crippen LogP contribution in [0.3, 0.4) is 0 Å². The Morgan fingerprint density at radius 1 is 1.39 bits per heavy atom. The summed E-state index contributed by atoms with van der Waals surface area (Å²) >= 11 is 9.32. The van der Waals surface area contributed by atoms with Crippen molar-refractivity contribution in [3.63, 3.8) is 0 Å². The van der Waals surface area contributed by atoms with Crippen LogP contribution in [0.25, 0.3) is 0 Å². The predicted molar refractivity (Wildman–Crippen MR) is 73.3 cm³/mol. The molecule has 2 nitrogen and oxygen atoms in total. The first-order valence-electron chi connectivity index (χ1n) is 5.54. The van der Waals surface area contributed by atoms with Crippen LogP contribution in [-0.2, 0) is 0 Å². The minimum atomic E-state index is -0.321. The average Bonchev–Trinajstić information content (AvgIpc) is 2.76. The van der Waals surface area contributed by atoms with Crippen molar-refractivity contribution in [2.75, 3.05) is 6.54 Å². The Labute approximate surface area is 118 Å². The van der Waals surface area contributed by atoms with E-state index >= 15 is 0 Å². The van der Waals surface area contributed by atoms with Crippen LogP contribution in [0.2, 0.25) is 5.22 Å². The minimum Gasteiger partial charge on any atom is -0.453 e. The standard InChI is InChI=1S/C13H12BrClFNO/c1-2-17-12(9-5-6-18-13(9)15)10-7-8(14)3-4-11(10)16/h3-7,12,17H,2H2,1H3. The van der Waals surface area contributed by atoms with E-state index in [0.29, 0.717) is 12.1 Å². The average molecular weight is 333 g/mol. The molecule has 5 heteroatoms. The predicted octanol–water partition coefficient (Wildman–Crippen LogP) is 4.53. The van der Waals surface area contributed by atoms with Gasteiger partial charge in [0.15, 0.2) is 5.22 Å². The molecular weight excluding hydrogens is 321 g/mol. The number of hydrogen-bond acceptors (Lipinski definition) is 2. The Morgan fingerprint density at radius 2 is 2.17 bits per heavy atom. The van der Waals surface area contributed by atoms with E-state index < -0.39 is 0 Å². The van der Waals surface area contributed by atoms with Crippen LogP contribution in [0.15, 0.2) is 39.4 Å². The smallest absolute Gasteiger partial charge is 0.198 e. The van der Waals surface area contributed by atoms with Gasteiger partial charge < -0.3 is 9.73 Å². The number of halogens is 3. The molecule has 1 atom stereocenters. The molecule has 1 N–H and O–H groups in total. The highest BCUT2D eigenvalue weighted by Crippen LogP contribution is 2.31. The van der Waals surface area contributed by atoms with Crippen LogP contribution >= 0.6 is 27.5 Å². The SMILES string of the molecule is CCNC(c1cc(Br)ccc1F)c1ccoc1Cl. The van der Waals surface area contributed by atoms with Gasteiger partial charge in [-0.25, -0.2) is 4.39 Å². The number of benzene rings is 1. The molecule has 0 aliphatic carbocycles. The minimum absolute atomic E-state index is 0.276. The topological polar surface area (TPSA) is 25.2 Å². The maximum atomic E-state index is 13.9. The van der Waals surface area contributed by atoms with E-state index in [-0.39, 0.29) is 17.1 Å². The Kier molecular flexibility index (Phi) is 4.43. The molecule has 1 aromatic heterocycles. The molecule has 0 spiro atoms. The molecule has 2 rings (SSSR count). The van der Waals surface area contributed by atoms with Crippen LogP contribution in [0.5, 0.6) is 0 Å². The van der Waals surface area contributed by atoms with Gasteiger partial charge in [0.05, 0.1) is 12.3 Å². The Balaban J connectivity index is 2.48. The van der Waals surface area contributed by atoms with Crippen LogP contribution in [0, 0.1) is 5.82 Å². The number of furan rings is 1. The molecule has 96 valence electrons. The van der Waals surface area contributed by atoms with Gasteiger partial charge in [0, 0.05) is 15.6 Å². The van der Waals surface area contributed by atoms with Crippen LogP contribution in [-0.4, -0.2) is 6.54 Å². The van der Waals surface area contributed by atoms with Crippen molar-refractivity contribution in [2.24, 2.45) is 0 Å². The Morgan fingerprint density at radius 3 is 2.78 bits per heavy atom. The second kappa shape index (κ2) is 5.87. The maximum absolute atomic E-state index is 13.9. The van der Waals surface area contributed by atoms with E-state index in [1.165, 1.54) is 12.3 Å². The third-order valence-corrected chi connectivity index (χ3v) is 3.43. The van der Waals surface area contributed by atoms with Gasteiger partial charge >= 0.3 is 0 Å². The lowest BCUT2D eigenvalue weighted by Crippen LogP contribution is -2.22. The van der Waals surface area contributed by atoms with Crippen molar-refractivity contribution < 1.29 is 8.81 Å².